The van der Waals surface area contributed by atoms with Crippen molar-refractivity contribution in [2.75, 3.05) is 20.0 Å². The summed E-state index contributed by atoms with van der Waals surface area (Å²) in [7, 11) is 2.34. The summed E-state index contributed by atoms with van der Waals surface area (Å²) in [5.41, 5.74) is 6.45. The van der Waals surface area contributed by atoms with Gasteiger partial charge < -0.3 is 24.5 Å². The molecule has 0 bridgehead atoms. The number of nitrogens with two attached hydrogens (primary N) is 1. The molecule has 0 saturated heterocycles. The molecule has 32 heavy (non-hydrogen) atoms. The van der Waals surface area contributed by atoms with Crippen LogP contribution in [0.3, 0.4) is 0 Å². The van der Waals surface area contributed by atoms with Crippen molar-refractivity contribution in [2.24, 2.45) is 0 Å². The lowest BCUT2D eigenvalue weighted by Gasteiger charge is -2.07. The van der Waals surface area contributed by atoms with Crippen LogP contribution in [0.5, 0.6) is 0 Å². The lowest BCUT2D eigenvalue weighted by molar-refractivity contribution is -0.145. The van der Waals surface area contributed by atoms with Crippen molar-refractivity contribution in [3.05, 3.63) is 52.0 Å². The predicted molar refractivity (Wildman–Crippen MR) is 109 cm³/mol. The Bertz CT molecular complexity index is 1140. The Morgan fingerprint density at radius 2 is 1.81 bits per heavy atom. The van der Waals surface area contributed by atoms with Crippen molar-refractivity contribution in [1.29, 1.82) is 0 Å². The molecule has 2 aromatic heterocycles. The molecule has 3 rings (SSSR count). The fourth-order valence-corrected chi connectivity index (χ4v) is 3.69. The number of esters is 3. The Balaban J connectivity index is 1.63. The number of thiophene rings is 1. The molecule has 3 aromatic rings. The summed E-state index contributed by atoms with van der Waals surface area (Å²) in [5, 5.41) is 3.84. The topological polar surface area (TPSA) is 144 Å². The third kappa shape index (κ3) is 5.09. The lowest BCUT2D eigenvalue weighted by atomic mass is 10.1. The second-order valence-corrected chi connectivity index (χ2v) is 7.36. The summed E-state index contributed by atoms with van der Waals surface area (Å²) in [6.07, 6.45) is -0.0156. The van der Waals surface area contributed by atoms with Gasteiger partial charge in [-0.05, 0) is 24.3 Å². The predicted octanol–water partition coefficient (Wildman–Crippen LogP) is 2.77. The minimum Gasteiger partial charge on any atom is -0.465 e. The molecular weight excluding hydrogens is 445 g/mol. The van der Waals surface area contributed by atoms with E-state index in [9.17, 15) is 18.8 Å². The van der Waals surface area contributed by atoms with Crippen LogP contribution < -0.4 is 5.73 Å². The molecule has 1 aromatic carbocycles. The van der Waals surface area contributed by atoms with Gasteiger partial charge in [0.1, 0.15) is 27.9 Å². The summed E-state index contributed by atoms with van der Waals surface area (Å²) >= 11 is 0.835. The Morgan fingerprint density at radius 1 is 1.12 bits per heavy atom. The average Bonchev–Trinajstić information content (AvgIpc) is 3.40. The first-order valence-corrected chi connectivity index (χ1v) is 9.97. The molecule has 0 aliphatic carbocycles. The van der Waals surface area contributed by atoms with E-state index >= 15 is 0 Å². The van der Waals surface area contributed by atoms with Crippen molar-refractivity contribution >= 4 is 34.2 Å². The van der Waals surface area contributed by atoms with Gasteiger partial charge in [0.15, 0.2) is 0 Å². The second-order valence-electron chi connectivity index (χ2n) is 6.31. The molecule has 2 N–H and O–H groups in total. The zero-order chi connectivity index (χ0) is 23.3. The number of carbonyl (C=O) groups is 3. The van der Waals surface area contributed by atoms with E-state index < -0.39 is 23.7 Å². The van der Waals surface area contributed by atoms with Gasteiger partial charge in [-0.2, -0.15) is 4.98 Å². The highest BCUT2D eigenvalue weighted by Gasteiger charge is 2.28. The number of hydrogen-bond donors (Lipinski definition) is 1. The van der Waals surface area contributed by atoms with Crippen LogP contribution in [-0.2, 0) is 32.0 Å². The highest BCUT2D eigenvalue weighted by Crippen LogP contribution is 2.33. The van der Waals surface area contributed by atoms with Crippen LogP contribution in [0.15, 0.2) is 28.8 Å². The maximum absolute atomic E-state index is 13.0. The molecule has 2 heterocycles. The number of nitrogen functional groups attached to an aromatic ring is 1. The first kappa shape index (κ1) is 22.9. The van der Waals surface area contributed by atoms with Crippen LogP contribution >= 0.6 is 11.3 Å². The molecule has 10 nitrogen and oxygen atoms in total. The fraction of sp³-hybridized carbons (Fsp3) is 0.250. The SMILES string of the molecule is COC(=O)c1sc(N)c(C(=O)OC)c1COC(=O)CCc1nc(-c2ccc(F)cc2)no1. The van der Waals surface area contributed by atoms with Crippen molar-refractivity contribution in [3.8, 4) is 11.4 Å². The summed E-state index contributed by atoms with van der Waals surface area (Å²) in [4.78, 5) is 40.4. The number of hydrogen-bond acceptors (Lipinski definition) is 11. The Kier molecular flexibility index (Phi) is 7.15. The smallest absolute Gasteiger partial charge is 0.348 e. The number of aryl methyl sites for hydroxylation is 1. The number of halogens is 1. The Hall–Kier alpha value is -3.80. The molecule has 0 amide bonds. The maximum atomic E-state index is 13.0. The number of rotatable bonds is 8. The number of carbonyl (C=O) groups excluding carboxylic acids is 3. The van der Waals surface area contributed by atoms with Gasteiger partial charge in [-0.1, -0.05) is 5.16 Å². The summed E-state index contributed by atoms with van der Waals surface area (Å²) in [6, 6.07) is 5.54. The van der Waals surface area contributed by atoms with Gasteiger partial charge in [-0.25, -0.2) is 14.0 Å². The highest BCUT2D eigenvalue weighted by molar-refractivity contribution is 7.18. The minimum atomic E-state index is -0.765. The van der Waals surface area contributed by atoms with Crippen molar-refractivity contribution in [2.45, 2.75) is 19.4 Å². The normalized spacial score (nSPS) is 10.6. The number of anilines is 1. The first-order valence-electron chi connectivity index (χ1n) is 9.16. The zero-order valence-electron chi connectivity index (χ0n) is 17.0. The molecule has 0 radical (unpaired) electrons. The van der Waals surface area contributed by atoms with E-state index in [2.05, 4.69) is 14.9 Å². The molecule has 0 aliphatic heterocycles. The first-order chi connectivity index (χ1) is 15.3. The van der Waals surface area contributed by atoms with Gasteiger partial charge in [-0.15, -0.1) is 11.3 Å². The lowest BCUT2D eigenvalue weighted by Crippen LogP contribution is -2.13. The molecule has 0 saturated carbocycles. The quantitative estimate of drug-likeness (QED) is 0.391. The average molecular weight is 463 g/mol. The summed E-state index contributed by atoms with van der Waals surface area (Å²) < 4.78 is 32.7. The number of methoxy groups -OCH3 is 2. The number of nitrogens with zero attached hydrogens (tertiary/aromatic N) is 2. The van der Waals surface area contributed by atoms with Crippen LogP contribution in [0.25, 0.3) is 11.4 Å². The number of ether oxygens (including phenoxy) is 3. The molecular formula is C20H18FN3O7S. The van der Waals surface area contributed by atoms with Gasteiger partial charge in [-0.3, -0.25) is 4.79 Å². The van der Waals surface area contributed by atoms with Gasteiger partial charge >= 0.3 is 17.9 Å². The monoisotopic (exact) mass is 463 g/mol. The van der Waals surface area contributed by atoms with Crippen molar-refractivity contribution < 1.29 is 37.5 Å². The second kappa shape index (κ2) is 10.0. The van der Waals surface area contributed by atoms with E-state index in [1.807, 2.05) is 0 Å². The van der Waals surface area contributed by atoms with E-state index in [1.54, 1.807) is 0 Å². The largest absolute Gasteiger partial charge is 0.465 e. The van der Waals surface area contributed by atoms with Crippen LogP contribution in [0.4, 0.5) is 9.39 Å². The van der Waals surface area contributed by atoms with Crippen molar-refractivity contribution in [3.63, 3.8) is 0 Å². The summed E-state index contributed by atoms with van der Waals surface area (Å²) in [5.74, 6) is -2.07. The van der Waals surface area contributed by atoms with Crippen molar-refractivity contribution in [1.82, 2.24) is 10.1 Å². The standard InChI is InChI=1S/C20H18FN3O7S/c1-28-19(26)15-12(16(20(27)29-2)32-17(15)22)9-30-14(25)8-7-13-23-18(24-31-13)10-3-5-11(21)6-4-10/h3-6H,7-9,22H2,1-2H3. The Morgan fingerprint density at radius 3 is 2.47 bits per heavy atom. The van der Waals surface area contributed by atoms with E-state index in [-0.39, 0.29) is 52.2 Å². The Labute approximate surface area is 185 Å². The van der Waals surface area contributed by atoms with E-state index in [0.29, 0.717) is 5.56 Å². The molecule has 0 fully saturated rings. The maximum Gasteiger partial charge on any atom is 0.348 e. The number of aromatic nitrogens is 2. The minimum absolute atomic E-state index is 0.0408. The molecule has 0 atom stereocenters. The molecule has 0 unspecified atom stereocenters. The van der Waals surface area contributed by atoms with Gasteiger partial charge in [0.25, 0.3) is 0 Å². The highest BCUT2D eigenvalue weighted by atomic mass is 32.1. The zero-order valence-corrected chi connectivity index (χ0v) is 17.9. The van der Waals surface area contributed by atoms with Crippen LogP contribution in [-0.4, -0.2) is 42.3 Å². The molecule has 168 valence electrons. The van der Waals surface area contributed by atoms with Gasteiger partial charge in [0, 0.05) is 17.5 Å². The third-order valence-corrected chi connectivity index (χ3v) is 5.33. The van der Waals surface area contributed by atoms with E-state index in [1.165, 1.54) is 31.4 Å². The van der Waals surface area contributed by atoms with E-state index in [0.717, 1.165) is 18.4 Å². The molecule has 0 spiro atoms. The van der Waals surface area contributed by atoms with E-state index in [4.69, 9.17) is 19.7 Å². The van der Waals surface area contributed by atoms with Crippen LogP contribution in [0.2, 0.25) is 0 Å². The van der Waals surface area contributed by atoms with Crippen LogP contribution in [0, 0.1) is 5.82 Å². The van der Waals surface area contributed by atoms with Gasteiger partial charge in [0.05, 0.1) is 20.6 Å². The third-order valence-electron chi connectivity index (χ3n) is 4.29. The van der Waals surface area contributed by atoms with Gasteiger partial charge in [0.2, 0.25) is 11.7 Å². The molecule has 12 heteroatoms. The fourth-order valence-electron chi connectivity index (χ4n) is 2.71. The summed E-state index contributed by atoms with van der Waals surface area (Å²) in [6.45, 7) is -0.383. The van der Waals surface area contributed by atoms with Crippen LogP contribution in [0.1, 0.15) is 37.9 Å². The molecule has 0 aliphatic rings. The number of benzene rings is 1.